The Bertz CT molecular complexity index is 1250. The average molecular weight is 559 g/mol. The fourth-order valence-electron chi connectivity index (χ4n) is 5.66. The summed E-state index contributed by atoms with van der Waals surface area (Å²) in [5.41, 5.74) is -0.364. The molecular weight excluding hydrogens is 529 g/mol. The van der Waals surface area contributed by atoms with E-state index in [-0.39, 0.29) is 39.0 Å². The number of hydrogen-bond acceptors (Lipinski definition) is 5. The van der Waals surface area contributed by atoms with Gasteiger partial charge in [0, 0.05) is 42.5 Å². The SMILES string of the molecule is CCC1C[C@@H](S(=O)(=O)c2cc(C(=O)Nc3cc(F)c(F)c(F)c3)ccc2Cl)C[C@H](C)[C@H]1N1CCOCC1. The number of rotatable bonds is 6. The van der Waals surface area contributed by atoms with Crippen LogP contribution in [0.25, 0.3) is 0 Å². The van der Waals surface area contributed by atoms with Gasteiger partial charge in [-0.15, -0.1) is 0 Å². The molecule has 0 aromatic heterocycles. The summed E-state index contributed by atoms with van der Waals surface area (Å²) in [5.74, 6) is -5.07. The molecule has 1 saturated heterocycles. The summed E-state index contributed by atoms with van der Waals surface area (Å²) in [6, 6.07) is 5.37. The first-order valence-electron chi connectivity index (χ1n) is 12.3. The molecule has 0 bridgehead atoms. The minimum absolute atomic E-state index is 0.00794. The van der Waals surface area contributed by atoms with Gasteiger partial charge in [0.25, 0.3) is 5.91 Å². The summed E-state index contributed by atoms with van der Waals surface area (Å²) >= 11 is 6.31. The van der Waals surface area contributed by atoms with Crippen LogP contribution in [-0.4, -0.2) is 56.8 Å². The van der Waals surface area contributed by atoms with Crippen LogP contribution < -0.4 is 5.32 Å². The third kappa shape index (κ3) is 5.82. The van der Waals surface area contributed by atoms with E-state index < -0.39 is 38.4 Å². The Kier molecular flexibility index (Phi) is 8.52. The van der Waals surface area contributed by atoms with Gasteiger partial charge in [-0.3, -0.25) is 9.69 Å². The van der Waals surface area contributed by atoms with Crippen molar-refractivity contribution in [2.24, 2.45) is 11.8 Å². The third-order valence-electron chi connectivity index (χ3n) is 7.44. The number of morpholine rings is 1. The Morgan fingerprint density at radius 2 is 1.76 bits per heavy atom. The van der Waals surface area contributed by atoms with Crippen molar-refractivity contribution < 1.29 is 31.1 Å². The van der Waals surface area contributed by atoms with Crippen LogP contribution in [0, 0.1) is 29.3 Å². The number of halogens is 4. The Morgan fingerprint density at radius 1 is 1.11 bits per heavy atom. The van der Waals surface area contributed by atoms with Crippen LogP contribution in [0.4, 0.5) is 18.9 Å². The smallest absolute Gasteiger partial charge is 0.255 e. The molecule has 2 fully saturated rings. The molecule has 1 aliphatic heterocycles. The summed E-state index contributed by atoms with van der Waals surface area (Å²) in [6.45, 7) is 7.14. The van der Waals surface area contributed by atoms with E-state index in [0.29, 0.717) is 38.2 Å². The van der Waals surface area contributed by atoms with E-state index in [1.807, 2.05) is 0 Å². The van der Waals surface area contributed by atoms with E-state index >= 15 is 0 Å². The van der Waals surface area contributed by atoms with E-state index in [1.165, 1.54) is 18.2 Å². The molecule has 0 spiro atoms. The Hall–Kier alpha value is -2.14. The van der Waals surface area contributed by atoms with Gasteiger partial charge >= 0.3 is 0 Å². The van der Waals surface area contributed by atoms with Crippen molar-refractivity contribution >= 4 is 33.0 Å². The van der Waals surface area contributed by atoms with Crippen molar-refractivity contribution in [1.29, 1.82) is 0 Å². The predicted octanol–water partition coefficient (Wildman–Crippen LogP) is 5.31. The molecular formula is C26H30ClF3N2O4S. The van der Waals surface area contributed by atoms with Crippen molar-refractivity contribution in [2.45, 2.75) is 49.3 Å². The van der Waals surface area contributed by atoms with E-state index in [2.05, 4.69) is 24.1 Å². The van der Waals surface area contributed by atoms with Crippen LogP contribution in [0.2, 0.25) is 5.02 Å². The number of carbonyl (C=O) groups is 1. The number of nitrogens with zero attached hydrogens (tertiary/aromatic N) is 1. The Morgan fingerprint density at radius 3 is 2.38 bits per heavy atom. The first-order valence-corrected chi connectivity index (χ1v) is 14.3. The minimum Gasteiger partial charge on any atom is -0.379 e. The zero-order valence-corrected chi connectivity index (χ0v) is 22.2. The minimum atomic E-state index is -3.90. The largest absolute Gasteiger partial charge is 0.379 e. The molecule has 1 heterocycles. The van der Waals surface area contributed by atoms with Crippen LogP contribution in [-0.2, 0) is 14.6 Å². The highest BCUT2D eigenvalue weighted by atomic mass is 35.5. The normalized spacial score (nSPS) is 25.1. The molecule has 1 N–H and O–H groups in total. The standard InChI is InChI=1S/C26H30ClF3N2O4S/c1-3-16-11-19(10-15(2)25(16)32-6-8-36-9-7-32)37(34,35)23-12-17(4-5-20(23)27)26(33)31-18-13-21(28)24(30)22(29)14-18/h4-5,12-16,19,25H,3,6-11H2,1-2H3,(H,31,33)/t15-,16?,19-,25+/m0/s1. The monoisotopic (exact) mass is 558 g/mol. The Labute approximate surface area is 220 Å². The van der Waals surface area contributed by atoms with E-state index in [0.717, 1.165) is 19.5 Å². The van der Waals surface area contributed by atoms with Crippen molar-refractivity contribution in [2.75, 3.05) is 31.6 Å². The van der Waals surface area contributed by atoms with Crippen LogP contribution >= 0.6 is 11.6 Å². The Balaban J connectivity index is 1.57. The number of amides is 1. The summed E-state index contributed by atoms with van der Waals surface area (Å²) in [7, 11) is -3.90. The highest BCUT2D eigenvalue weighted by molar-refractivity contribution is 7.92. The van der Waals surface area contributed by atoms with Gasteiger partial charge in [0.1, 0.15) is 0 Å². The maximum absolute atomic E-state index is 13.8. The number of hydrogen-bond donors (Lipinski definition) is 1. The van der Waals surface area contributed by atoms with Gasteiger partial charge in [0.05, 0.1) is 28.4 Å². The van der Waals surface area contributed by atoms with Gasteiger partial charge in [-0.1, -0.05) is 31.9 Å². The van der Waals surface area contributed by atoms with Gasteiger partial charge < -0.3 is 10.1 Å². The van der Waals surface area contributed by atoms with Crippen molar-refractivity contribution in [1.82, 2.24) is 4.90 Å². The number of carbonyl (C=O) groups excluding carboxylic acids is 1. The highest BCUT2D eigenvalue weighted by Gasteiger charge is 2.43. The lowest BCUT2D eigenvalue weighted by atomic mass is 9.75. The van der Waals surface area contributed by atoms with Gasteiger partial charge in [-0.2, -0.15) is 0 Å². The topological polar surface area (TPSA) is 75.7 Å². The maximum Gasteiger partial charge on any atom is 0.255 e. The summed E-state index contributed by atoms with van der Waals surface area (Å²) in [5, 5.41) is 1.60. The van der Waals surface area contributed by atoms with Gasteiger partial charge in [-0.05, 0) is 42.9 Å². The highest BCUT2D eigenvalue weighted by Crippen LogP contribution is 2.41. The molecule has 4 atom stereocenters. The average Bonchev–Trinajstić information content (AvgIpc) is 2.87. The predicted molar refractivity (Wildman–Crippen MR) is 135 cm³/mol. The van der Waals surface area contributed by atoms with E-state index in [9.17, 15) is 26.4 Å². The second-order valence-electron chi connectivity index (χ2n) is 9.78. The first kappa shape index (κ1) is 27.9. The molecule has 4 rings (SSSR count). The lowest BCUT2D eigenvalue weighted by Gasteiger charge is -2.47. The van der Waals surface area contributed by atoms with Crippen molar-refractivity contribution in [3.8, 4) is 0 Å². The molecule has 1 unspecified atom stereocenters. The number of anilines is 1. The quantitative estimate of drug-likeness (QED) is 0.486. The number of nitrogens with one attached hydrogen (secondary N) is 1. The molecule has 1 amide bonds. The third-order valence-corrected chi connectivity index (χ3v) is 10.1. The molecule has 2 aromatic rings. The van der Waals surface area contributed by atoms with Gasteiger partial charge in [-0.25, -0.2) is 21.6 Å². The van der Waals surface area contributed by atoms with Crippen molar-refractivity contribution in [3.05, 3.63) is 58.4 Å². The van der Waals surface area contributed by atoms with Crippen molar-refractivity contribution in [3.63, 3.8) is 0 Å². The fraction of sp³-hybridized carbons (Fsp3) is 0.500. The molecule has 202 valence electrons. The lowest BCUT2D eigenvalue weighted by Crippen LogP contribution is -2.54. The summed E-state index contributed by atoms with van der Waals surface area (Å²) in [4.78, 5) is 15.0. The second kappa shape index (κ2) is 11.3. The molecule has 11 heteroatoms. The van der Waals surface area contributed by atoms with Gasteiger partial charge in [0.2, 0.25) is 0 Å². The first-order chi connectivity index (χ1) is 17.5. The zero-order valence-electron chi connectivity index (χ0n) is 20.6. The molecule has 1 saturated carbocycles. The zero-order chi connectivity index (χ0) is 26.9. The van der Waals surface area contributed by atoms with Crippen LogP contribution in [0.1, 0.15) is 43.5 Å². The summed E-state index contributed by atoms with van der Waals surface area (Å²) < 4.78 is 73.3. The van der Waals surface area contributed by atoms with E-state index in [1.54, 1.807) is 0 Å². The number of ether oxygens (including phenoxy) is 1. The molecule has 2 aliphatic rings. The fourth-order valence-corrected chi connectivity index (χ4v) is 8.15. The summed E-state index contributed by atoms with van der Waals surface area (Å²) in [6.07, 6.45) is 1.77. The van der Waals surface area contributed by atoms with E-state index in [4.69, 9.17) is 16.3 Å². The second-order valence-corrected chi connectivity index (χ2v) is 12.4. The van der Waals surface area contributed by atoms with Gasteiger partial charge in [0.15, 0.2) is 27.3 Å². The molecule has 6 nitrogen and oxygen atoms in total. The van der Waals surface area contributed by atoms with Crippen LogP contribution in [0.15, 0.2) is 35.2 Å². The lowest BCUT2D eigenvalue weighted by molar-refractivity contribution is -0.0240. The molecule has 0 radical (unpaired) electrons. The molecule has 1 aliphatic carbocycles. The molecule has 37 heavy (non-hydrogen) atoms. The number of benzene rings is 2. The maximum atomic E-state index is 13.8. The van der Waals surface area contributed by atoms with Crippen LogP contribution in [0.5, 0.6) is 0 Å². The van der Waals surface area contributed by atoms with Crippen LogP contribution in [0.3, 0.4) is 0 Å². The number of sulfone groups is 1. The molecule has 2 aromatic carbocycles.